The maximum atomic E-state index is 10.1. The normalized spacial score (nSPS) is 12.9. The molecule has 0 aromatic rings. The first-order valence-corrected chi connectivity index (χ1v) is 2.50. The van der Waals surface area contributed by atoms with E-state index in [2.05, 4.69) is 15.7 Å². The molecule has 0 amide bonds. The quantitative estimate of drug-likeness (QED) is 0.578. The summed E-state index contributed by atoms with van der Waals surface area (Å²) in [6, 6.07) is 0. The van der Waals surface area contributed by atoms with Crippen LogP contribution in [0, 0.1) is 0 Å². The van der Waals surface area contributed by atoms with Gasteiger partial charge in [0.05, 0.1) is 0 Å². The van der Waals surface area contributed by atoms with Gasteiger partial charge >= 0.3 is 54.0 Å². The summed E-state index contributed by atoms with van der Waals surface area (Å²) in [4.78, 5) is 18.8. The van der Waals surface area contributed by atoms with E-state index in [4.69, 9.17) is 5.11 Å². The van der Waals surface area contributed by atoms with Crippen molar-refractivity contribution in [2.24, 2.45) is 0 Å². The third-order valence-corrected chi connectivity index (χ3v) is 1.22. The van der Waals surface area contributed by atoms with Crippen LogP contribution in [0.25, 0.3) is 0 Å². The van der Waals surface area contributed by atoms with Crippen molar-refractivity contribution in [1.82, 2.24) is 0 Å². The van der Waals surface area contributed by atoms with Crippen molar-refractivity contribution >= 4 is 11.8 Å². The van der Waals surface area contributed by atoms with Gasteiger partial charge in [-0.2, -0.15) is 0 Å². The van der Waals surface area contributed by atoms with Crippen LogP contribution in [-0.4, -0.2) is 16.9 Å². The van der Waals surface area contributed by atoms with Crippen LogP contribution in [0.1, 0.15) is 6.92 Å². The molecule has 48 valence electrons. The monoisotopic (exact) mass is 160 g/mol. The van der Waals surface area contributed by atoms with Gasteiger partial charge in [-0.1, -0.05) is 0 Å². The molecule has 8 heavy (non-hydrogen) atoms. The summed E-state index contributed by atoms with van der Waals surface area (Å²) >= 11 is 3.52. The molecule has 0 saturated carbocycles. The molecule has 1 atom stereocenters. The molecule has 0 bridgehead atoms. The van der Waals surface area contributed by atoms with Gasteiger partial charge in [-0.05, 0) is 0 Å². The molecule has 0 spiro atoms. The first kappa shape index (κ1) is 7.65. The summed E-state index contributed by atoms with van der Waals surface area (Å²) in [5.74, 6) is -1.64. The second kappa shape index (κ2) is 2.83. The van der Waals surface area contributed by atoms with E-state index in [-0.39, 0.29) is 0 Å². The number of carbonyl (C=O) groups is 2. The van der Waals surface area contributed by atoms with E-state index in [1.54, 1.807) is 0 Å². The third kappa shape index (κ3) is 2.08. The number of carbonyl (C=O) groups excluding carboxylic acids is 1. The van der Waals surface area contributed by atoms with Gasteiger partial charge in [0.1, 0.15) is 0 Å². The molecule has 0 saturated heterocycles. The maximum absolute atomic E-state index is 10.1. The van der Waals surface area contributed by atoms with Crippen molar-refractivity contribution < 1.29 is 30.4 Å². The van der Waals surface area contributed by atoms with Crippen LogP contribution >= 0.6 is 0 Å². The molecule has 0 fully saturated rings. The van der Waals surface area contributed by atoms with E-state index in [9.17, 15) is 9.59 Å². The van der Waals surface area contributed by atoms with Gasteiger partial charge < -0.3 is 0 Å². The topological polar surface area (TPSA) is 54.4 Å². The molecule has 4 heteroatoms. The van der Waals surface area contributed by atoms with Gasteiger partial charge in [0.25, 0.3) is 0 Å². The fraction of sp³-hybridized carbons (Fsp3) is 0.500. The predicted molar refractivity (Wildman–Crippen MR) is 22.1 cm³/mol. The van der Waals surface area contributed by atoms with Crippen molar-refractivity contribution in [2.45, 2.75) is 11.8 Å². The SMILES string of the molecule is CC(=O)[CH]([Co])C(=O)O. The molecule has 0 aromatic carbocycles. The standard InChI is InChI=1S/C4H5O3.Co/c1-3(5)2-4(6)7;/h2H,1H3,(H,6,7);. The van der Waals surface area contributed by atoms with Crippen LogP contribution in [0.3, 0.4) is 0 Å². The van der Waals surface area contributed by atoms with Gasteiger partial charge in [0.2, 0.25) is 0 Å². The number of ketones is 1. The van der Waals surface area contributed by atoms with Gasteiger partial charge in [0, 0.05) is 0 Å². The van der Waals surface area contributed by atoms with Crippen LogP contribution in [0.4, 0.5) is 0 Å². The molecule has 0 aromatic heterocycles. The van der Waals surface area contributed by atoms with Crippen LogP contribution in [0.15, 0.2) is 0 Å². The molecular formula is C4H5CoO3. The van der Waals surface area contributed by atoms with E-state index in [1.165, 1.54) is 6.92 Å². The molecule has 0 aliphatic rings. The molecule has 3 nitrogen and oxygen atoms in total. The van der Waals surface area contributed by atoms with Gasteiger partial charge in [-0.15, -0.1) is 0 Å². The first-order valence-electron chi connectivity index (χ1n) is 1.90. The minimum atomic E-state index is -1.20. The van der Waals surface area contributed by atoms with Gasteiger partial charge in [-0.25, -0.2) is 0 Å². The summed E-state index contributed by atoms with van der Waals surface area (Å²) in [5, 5.41) is 8.05. The van der Waals surface area contributed by atoms with Crippen molar-refractivity contribution in [2.75, 3.05) is 0 Å². The molecule has 1 N–H and O–H groups in total. The Labute approximate surface area is 54.7 Å². The Morgan fingerprint density at radius 3 is 2.00 bits per heavy atom. The number of hydrogen-bond acceptors (Lipinski definition) is 2. The van der Waals surface area contributed by atoms with Crippen LogP contribution < -0.4 is 0 Å². The van der Waals surface area contributed by atoms with Crippen molar-refractivity contribution in [3.05, 3.63) is 0 Å². The fourth-order valence-corrected chi connectivity index (χ4v) is 0.174. The molecule has 0 aliphatic heterocycles. The number of rotatable bonds is 2. The number of aliphatic carboxylic acids is 1. The molecule has 0 rings (SSSR count). The summed E-state index contributed by atoms with van der Waals surface area (Å²) in [6.07, 6.45) is 0. The molecule has 1 unspecified atom stereocenters. The van der Waals surface area contributed by atoms with E-state index >= 15 is 0 Å². The summed E-state index contributed by atoms with van der Waals surface area (Å²) in [7, 11) is 0. The zero-order valence-corrected chi connectivity index (χ0v) is 5.22. The molecule has 0 radical (unpaired) electrons. The fourth-order valence-electron chi connectivity index (χ4n) is 0.174. The van der Waals surface area contributed by atoms with Crippen molar-refractivity contribution in [3.63, 3.8) is 0 Å². The van der Waals surface area contributed by atoms with Gasteiger partial charge in [-0.3, -0.25) is 0 Å². The average molecular weight is 160 g/mol. The molecule has 0 heterocycles. The number of Topliss-reactive ketones (excluding diaryl/α,β-unsaturated/α-hetero) is 1. The van der Waals surface area contributed by atoms with E-state index in [0.717, 1.165) is 0 Å². The van der Waals surface area contributed by atoms with E-state index in [1.807, 2.05) is 0 Å². The third-order valence-electron chi connectivity index (χ3n) is 0.545. The van der Waals surface area contributed by atoms with Crippen molar-refractivity contribution in [3.8, 4) is 0 Å². The van der Waals surface area contributed by atoms with Crippen molar-refractivity contribution in [1.29, 1.82) is 0 Å². The van der Waals surface area contributed by atoms with E-state index in [0.29, 0.717) is 0 Å². The number of carboxylic acids is 1. The van der Waals surface area contributed by atoms with Gasteiger partial charge in [0.15, 0.2) is 0 Å². The second-order valence-corrected chi connectivity index (χ2v) is 1.89. The summed E-state index contributed by atoms with van der Waals surface area (Å²) in [6.45, 7) is 1.18. The Balaban J connectivity index is 3.83. The Kier molecular flexibility index (Phi) is 2.71. The van der Waals surface area contributed by atoms with E-state index < -0.39 is 16.6 Å². The summed E-state index contributed by atoms with van der Waals surface area (Å²) < 4.78 is 0. The Hall–Kier alpha value is -0.354. The molecular weight excluding hydrogens is 155 g/mol. The van der Waals surface area contributed by atoms with Crippen LogP contribution in [-0.2, 0) is 25.3 Å². The Morgan fingerprint density at radius 1 is 1.62 bits per heavy atom. The summed E-state index contributed by atoms with van der Waals surface area (Å²) in [5.41, 5.74) is 0. The minimum absolute atomic E-state index is 0.447. The first-order chi connectivity index (χ1) is 3.55. The number of hydrogen-bond donors (Lipinski definition) is 1. The second-order valence-electron chi connectivity index (χ2n) is 1.29. The number of carboxylic acid groups (broad SMARTS) is 1. The Bertz CT molecular complexity index is 106. The van der Waals surface area contributed by atoms with Crippen LogP contribution in [0.5, 0.6) is 0 Å². The zero-order chi connectivity index (χ0) is 6.73. The predicted octanol–water partition coefficient (Wildman–Crippen LogP) is -0.00470. The zero-order valence-electron chi connectivity index (χ0n) is 4.17. The molecule has 0 aliphatic carbocycles. The van der Waals surface area contributed by atoms with Crippen LogP contribution in [0.2, 0.25) is 4.85 Å². The average Bonchev–Trinajstić information content (AvgIpc) is 1.64. The Morgan fingerprint density at radius 2 is 2.00 bits per heavy atom.